The van der Waals surface area contributed by atoms with Crippen LogP contribution in [0.2, 0.25) is 0 Å². The van der Waals surface area contributed by atoms with Gasteiger partial charge in [-0.15, -0.1) is 0 Å². The summed E-state index contributed by atoms with van der Waals surface area (Å²) in [4.78, 5) is 33.0. The monoisotopic (exact) mass is 556 g/mol. The molecule has 2 saturated heterocycles. The van der Waals surface area contributed by atoms with Crippen LogP contribution in [0.3, 0.4) is 0 Å². The molecule has 1 aromatic carbocycles. The first-order valence-corrected chi connectivity index (χ1v) is 14.0. The van der Waals surface area contributed by atoms with Gasteiger partial charge < -0.3 is 24.8 Å². The summed E-state index contributed by atoms with van der Waals surface area (Å²) in [7, 11) is 4.16. The molecule has 3 aromatic rings. The Morgan fingerprint density at radius 2 is 1.77 bits per heavy atom. The number of fused-ring (bicyclic) bond motifs is 1. The molecule has 0 spiro atoms. The van der Waals surface area contributed by atoms with Gasteiger partial charge >= 0.3 is 0 Å². The highest BCUT2D eigenvalue weighted by molar-refractivity contribution is 5.84. The zero-order valence-corrected chi connectivity index (χ0v) is 23.4. The quantitative estimate of drug-likeness (QED) is 0.428. The maximum absolute atomic E-state index is 14.1. The van der Waals surface area contributed by atoms with E-state index in [1.54, 1.807) is 37.3 Å². The Kier molecular flexibility index (Phi) is 8.75. The summed E-state index contributed by atoms with van der Waals surface area (Å²) in [5.41, 5.74) is 0.980. The van der Waals surface area contributed by atoms with Crippen molar-refractivity contribution in [2.45, 2.75) is 38.7 Å². The fourth-order valence-corrected chi connectivity index (χ4v) is 5.40. The molecule has 10 nitrogen and oxygen atoms in total. The summed E-state index contributed by atoms with van der Waals surface area (Å²) in [6, 6.07) is 8.10. The molecule has 0 saturated carbocycles. The number of carbonyl (C=O) groups excluding carboxylic acids is 1. The first-order chi connectivity index (χ1) is 19.3. The maximum atomic E-state index is 14.1. The number of hydrogen-bond donors (Lipinski definition) is 1. The van der Waals surface area contributed by atoms with E-state index >= 15 is 0 Å². The van der Waals surface area contributed by atoms with Crippen molar-refractivity contribution in [3.8, 4) is 5.82 Å². The summed E-state index contributed by atoms with van der Waals surface area (Å²) < 4.78 is 35.1. The number of halogens is 2. The first kappa shape index (κ1) is 28.2. The van der Waals surface area contributed by atoms with Crippen molar-refractivity contribution in [3.05, 3.63) is 36.2 Å². The second-order valence-corrected chi connectivity index (χ2v) is 10.8. The molecule has 2 aliphatic heterocycles. The van der Waals surface area contributed by atoms with Crippen molar-refractivity contribution >= 4 is 28.7 Å². The molecule has 2 aromatic heterocycles. The van der Waals surface area contributed by atoms with Crippen molar-refractivity contribution < 1.29 is 18.3 Å². The van der Waals surface area contributed by atoms with Crippen LogP contribution >= 0.6 is 0 Å². The van der Waals surface area contributed by atoms with Crippen LogP contribution in [-0.4, -0.2) is 101 Å². The number of nitrogens with one attached hydrogen (secondary N) is 1. The largest absolute Gasteiger partial charge is 0.378 e. The van der Waals surface area contributed by atoms with Gasteiger partial charge in [0.2, 0.25) is 11.9 Å². The molecule has 1 atom stereocenters. The van der Waals surface area contributed by atoms with Crippen LogP contribution in [0.1, 0.15) is 38.4 Å². The van der Waals surface area contributed by atoms with Crippen LogP contribution in [0.15, 0.2) is 30.3 Å². The Balaban J connectivity index is 1.40. The number of hydrogen-bond acceptors (Lipinski definition) is 8. The predicted molar refractivity (Wildman–Crippen MR) is 150 cm³/mol. The van der Waals surface area contributed by atoms with Crippen LogP contribution in [0.5, 0.6) is 0 Å². The second kappa shape index (κ2) is 12.4. The van der Waals surface area contributed by atoms with E-state index in [4.69, 9.17) is 9.72 Å². The van der Waals surface area contributed by atoms with Crippen molar-refractivity contribution in [2.24, 2.45) is 5.92 Å². The number of morpholine rings is 1. The molecule has 40 heavy (non-hydrogen) atoms. The summed E-state index contributed by atoms with van der Waals surface area (Å²) in [6.45, 7) is 6.59. The topological polar surface area (TPSA) is 91.6 Å². The molecule has 0 unspecified atom stereocenters. The molecule has 2 aliphatic rings. The molecular formula is C28H38F2N8O2. The number of nitrogens with zero attached hydrogens (tertiary/aromatic N) is 7. The number of likely N-dealkylation sites (tertiary alicyclic amines) is 1. The number of carbonyl (C=O) groups is 1. The number of benzene rings is 1. The van der Waals surface area contributed by atoms with E-state index in [1.807, 2.05) is 9.80 Å². The van der Waals surface area contributed by atoms with Gasteiger partial charge in [-0.25, -0.2) is 13.8 Å². The van der Waals surface area contributed by atoms with Gasteiger partial charge in [0.15, 0.2) is 5.82 Å². The lowest BCUT2D eigenvalue weighted by atomic mass is 9.93. The van der Waals surface area contributed by atoms with Crippen molar-refractivity contribution in [1.82, 2.24) is 29.3 Å². The van der Waals surface area contributed by atoms with Crippen molar-refractivity contribution in [3.63, 3.8) is 0 Å². The van der Waals surface area contributed by atoms with E-state index in [0.717, 1.165) is 38.9 Å². The molecule has 0 radical (unpaired) electrons. The Morgan fingerprint density at radius 1 is 1.07 bits per heavy atom. The molecule has 1 amide bonds. The Morgan fingerprint density at radius 3 is 2.48 bits per heavy atom. The number of imidazole rings is 1. The van der Waals surface area contributed by atoms with Gasteiger partial charge in [0.25, 0.3) is 6.43 Å². The highest BCUT2D eigenvalue weighted by Crippen LogP contribution is 2.29. The first-order valence-electron chi connectivity index (χ1n) is 14.0. The SMILES string of the molecule is C[C@H](Nc1nc(N2CCOCC2)cc(-n2c(C(F)F)nc3ccccc32)n1)C(=O)N1CCC(CCN(C)C)CC1. The standard InChI is InChI=1S/C28H38F2N8O2/c1-19(27(39)37-12-9-20(10-13-37)8-11-35(2)3)31-28-33-23(36-14-16-40-17-15-36)18-24(34-28)38-22-7-5-4-6-21(22)32-26(38)25(29)30/h4-7,18-20,25H,8-17H2,1-3H3,(H,31,33,34)/t19-/m0/s1. The predicted octanol–water partition coefficient (Wildman–Crippen LogP) is 3.58. The van der Waals surface area contributed by atoms with Crippen LogP contribution in [0.4, 0.5) is 20.5 Å². The average Bonchev–Trinajstić information content (AvgIpc) is 3.36. The van der Waals surface area contributed by atoms with E-state index < -0.39 is 12.5 Å². The number of para-hydroxylation sites is 2. The summed E-state index contributed by atoms with van der Waals surface area (Å²) in [6.07, 6.45) is 0.316. The van der Waals surface area contributed by atoms with Gasteiger partial charge in [-0.3, -0.25) is 9.36 Å². The Labute approximate surface area is 233 Å². The minimum absolute atomic E-state index is 0.0191. The molecule has 0 bridgehead atoms. The van der Waals surface area contributed by atoms with Gasteiger partial charge in [-0.05, 0) is 64.9 Å². The molecule has 12 heteroatoms. The maximum Gasteiger partial charge on any atom is 0.296 e. The number of alkyl halides is 2. The summed E-state index contributed by atoms with van der Waals surface area (Å²) in [5.74, 6) is 1.27. The zero-order chi connectivity index (χ0) is 28.2. The highest BCUT2D eigenvalue weighted by Gasteiger charge is 2.28. The van der Waals surface area contributed by atoms with Gasteiger partial charge in [-0.2, -0.15) is 9.97 Å². The smallest absolute Gasteiger partial charge is 0.296 e. The zero-order valence-electron chi connectivity index (χ0n) is 23.4. The van der Waals surface area contributed by atoms with Gasteiger partial charge in [0, 0.05) is 32.2 Å². The number of rotatable bonds is 9. The van der Waals surface area contributed by atoms with Gasteiger partial charge in [0.05, 0.1) is 24.2 Å². The lowest BCUT2D eigenvalue weighted by molar-refractivity contribution is -0.133. The van der Waals surface area contributed by atoms with Crippen LogP contribution in [0.25, 0.3) is 16.9 Å². The molecule has 4 heterocycles. The minimum atomic E-state index is -2.80. The van der Waals surface area contributed by atoms with E-state index in [-0.39, 0.29) is 23.5 Å². The van der Waals surface area contributed by atoms with Gasteiger partial charge in [-0.1, -0.05) is 12.1 Å². The van der Waals surface area contributed by atoms with Crippen LogP contribution in [0, 0.1) is 5.92 Å². The van der Waals surface area contributed by atoms with Gasteiger partial charge in [0.1, 0.15) is 17.7 Å². The molecule has 2 fully saturated rings. The molecule has 216 valence electrons. The molecular weight excluding hydrogens is 518 g/mol. The minimum Gasteiger partial charge on any atom is -0.378 e. The molecule has 5 rings (SSSR count). The molecule has 0 aliphatic carbocycles. The normalized spacial score (nSPS) is 17.7. The Bertz CT molecular complexity index is 1300. The number of anilines is 2. The van der Waals surface area contributed by atoms with E-state index in [2.05, 4.69) is 34.3 Å². The fraction of sp³-hybridized carbons (Fsp3) is 0.571. The van der Waals surface area contributed by atoms with E-state index in [0.29, 0.717) is 49.1 Å². The van der Waals surface area contributed by atoms with Crippen LogP contribution in [-0.2, 0) is 9.53 Å². The van der Waals surface area contributed by atoms with Crippen LogP contribution < -0.4 is 10.2 Å². The second-order valence-electron chi connectivity index (χ2n) is 10.8. The number of aromatic nitrogens is 4. The molecule has 1 N–H and O–H groups in total. The average molecular weight is 557 g/mol. The van der Waals surface area contributed by atoms with Crippen molar-refractivity contribution in [2.75, 3.05) is 70.2 Å². The van der Waals surface area contributed by atoms with E-state index in [9.17, 15) is 13.6 Å². The fourth-order valence-electron chi connectivity index (χ4n) is 5.40. The Hall–Kier alpha value is -3.38. The lowest BCUT2D eigenvalue weighted by Gasteiger charge is -2.34. The number of amides is 1. The number of piperidine rings is 1. The van der Waals surface area contributed by atoms with E-state index in [1.165, 1.54) is 4.57 Å². The van der Waals surface area contributed by atoms with Crippen molar-refractivity contribution in [1.29, 1.82) is 0 Å². The third-order valence-corrected chi connectivity index (χ3v) is 7.67. The summed E-state index contributed by atoms with van der Waals surface area (Å²) in [5, 5.41) is 3.17. The lowest BCUT2D eigenvalue weighted by Crippen LogP contribution is -2.45. The summed E-state index contributed by atoms with van der Waals surface area (Å²) >= 11 is 0. The third-order valence-electron chi connectivity index (χ3n) is 7.67. The third kappa shape index (κ3) is 6.33. The highest BCUT2D eigenvalue weighted by atomic mass is 19.3. The number of ether oxygens (including phenoxy) is 1.